The number of halogens is 1. The van der Waals surface area contributed by atoms with Crippen molar-refractivity contribution in [1.29, 1.82) is 0 Å². The molecule has 0 aromatic heterocycles. The van der Waals surface area contributed by atoms with Gasteiger partial charge in [-0.2, -0.15) is 0 Å². The Hall–Kier alpha value is -1.66. The van der Waals surface area contributed by atoms with Crippen molar-refractivity contribution in [1.82, 2.24) is 5.32 Å². The average molecular weight is 362 g/mol. The molecule has 2 aromatic rings. The standard InChI is InChI=1S/C18H19FN2OS2/c1-12-9-13(5-6-16(12)19)11-20-18(22)21-15-4-2-3-14(10-15)17-23-7-8-24-17/h2-6,9-10,17H,7-8,11H2,1H3,(H2,20,21,22). The molecule has 0 unspecified atom stereocenters. The molecule has 126 valence electrons. The highest BCUT2D eigenvalue weighted by atomic mass is 32.2. The van der Waals surface area contributed by atoms with Gasteiger partial charge in [0.15, 0.2) is 0 Å². The number of hydrogen-bond acceptors (Lipinski definition) is 3. The molecule has 0 radical (unpaired) electrons. The van der Waals surface area contributed by atoms with Crippen LogP contribution in [0.5, 0.6) is 0 Å². The minimum absolute atomic E-state index is 0.234. The summed E-state index contributed by atoms with van der Waals surface area (Å²) < 4.78 is 13.7. The van der Waals surface area contributed by atoms with E-state index < -0.39 is 0 Å². The van der Waals surface area contributed by atoms with Crippen LogP contribution < -0.4 is 10.6 Å². The van der Waals surface area contributed by atoms with Gasteiger partial charge in [-0.15, -0.1) is 23.5 Å². The number of rotatable bonds is 4. The summed E-state index contributed by atoms with van der Waals surface area (Å²) in [5.41, 5.74) is 3.47. The van der Waals surface area contributed by atoms with Crippen LogP contribution in [0.15, 0.2) is 42.5 Å². The molecule has 1 fully saturated rings. The first-order chi connectivity index (χ1) is 11.6. The number of carbonyl (C=O) groups excluding carboxylic acids is 1. The molecule has 0 aliphatic carbocycles. The van der Waals surface area contributed by atoms with Crippen LogP contribution in [0.25, 0.3) is 0 Å². The van der Waals surface area contributed by atoms with Crippen LogP contribution in [0.2, 0.25) is 0 Å². The van der Waals surface area contributed by atoms with Gasteiger partial charge in [0.05, 0.1) is 4.58 Å². The zero-order chi connectivity index (χ0) is 16.9. The number of carbonyl (C=O) groups is 1. The van der Waals surface area contributed by atoms with Crippen molar-refractivity contribution in [3.63, 3.8) is 0 Å². The van der Waals surface area contributed by atoms with Crippen LogP contribution in [0.1, 0.15) is 21.3 Å². The normalized spacial score (nSPS) is 14.6. The number of anilines is 1. The third-order valence-corrected chi connectivity index (χ3v) is 6.82. The second kappa shape index (κ2) is 7.94. The molecule has 1 saturated heterocycles. The van der Waals surface area contributed by atoms with Gasteiger partial charge in [-0.1, -0.05) is 24.3 Å². The summed E-state index contributed by atoms with van der Waals surface area (Å²) in [6.45, 7) is 2.07. The van der Waals surface area contributed by atoms with Gasteiger partial charge < -0.3 is 10.6 Å². The van der Waals surface area contributed by atoms with Crippen LogP contribution in [-0.4, -0.2) is 17.5 Å². The minimum atomic E-state index is -0.263. The van der Waals surface area contributed by atoms with Crippen molar-refractivity contribution in [2.75, 3.05) is 16.8 Å². The molecule has 24 heavy (non-hydrogen) atoms. The maximum atomic E-state index is 13.2. The van der Waals surface area contributed by atoms with Gasteiger partial charge >= 0.3 is 6.03 Å². The topological polar surface area (TPSA) is 41.1 Å². The number of aryl methyl sites for hydroxylation is 1. The second-order valence-electron chi connectivity index (χ2n) is 5.59. The molecule has 3 rings (SSSR count). The third-order valence-electron chi connectivity index (χ3n) is 3.71. The fourth-order valence-electron chi connectivity index (χ4n) is 2.49. The van der Waals surface area contributed by atoms with Gasteiger partial charge in [0.1, 0.15) is 5.82 Å². The van der Waals surface area contributed by atoms with E-state index in [4.69, 9.17) is 0 Å². The van der Waals surface area contributed by atoms with Crippen LogP contribution in [0, 0.1) is 12.7 Å². The fourth-order valence-corrected chi connectivity index (χ4v) is 5.33. The van der Waals surface area contributed by atoms with Crippen molar-refractivity contribution in [3.05, 3.63) is 65.0 Å². The van der Waals surface area contributed by atoms with Gasteiger partial charge in [-0.3, -0.25) is 0 Å². The van der Waals surface area contributed by atoms with E-state index >= 15 is 0 Å². The summed E-state index contributed by atoms with van der Waals surface area (Å²) in [4.78, 5) is 12.1. The van der Waals surface area contributed by atoms with E-state index in [0.717, 1.165) is 11.3 Å². The number of benzene rings is 2. The van der Waals surface area contributed by atoms with Gasteiger partial charge in [-0.25, -0.2) is 9.18 Å². The lowest BCUT2D eigenvalue weighted by Gasteiger charge is -2.12. The Morgan fingerprint density at radius 3 is 2.75 bits per heavy atom. The maximum absolute atomic E-state index is 13.2. The lowest BCUT2D eigenvalue weighted by atomic mass is 10.1. The first-order valence-corrected chi connectivity index (χ1v) is 9.84. The zero-order valence-electron chi connectivity index (χ0n) is 13.3. The number of urea groups is 1. The first-order valence-electron chi connectivity index (χ1n) is 7.75. The monoisotopic (exact) mass is 362 g/mol. The Kier molecular flexibility index (Phi) is 5.68. The smallest absolute Gasteiger partial charge is 0.319 e. The number of thioether (sulfide) groups is 2. The molecule has 2 N–H and O–H groups in total. The van der Waals surface area contributed by atoms with E-state index in [-0.39, 0.29) is 11.8 Å². The van der Waals surface area contributed by atoms with Crippen LogP contribution >= 0.6 is 23.5 Å². The number of amides is 2. The summed E-state index contributed by atoms with van der Waals surface area (Å²) in [6, 6.07) is 12.6. The van der Waals surface area contributed by atoms with Crippen molar-refractivity contribution in [2.24, 2.45) is 0 Å². The molecule has 2 amide bonds. The predicted octanol–water partition coefficient (Wildman–Crippen LogP) is 4.93. The van der Waals surface area contributed by atoms with Crippen LogP contribution in [-0.2, 0) is 6.54 Å². The van der Waals surface area contributed by atoms with Gasteiger partial charge in [-0.05, 0) is 41.8 Å². The molecular weight excluding hydrogens is 343 g/mol. The van der Waals surface area contributed by atoms with Crippen molar-refractivity contribution in [2.45, 2.75) is 18.1 Å². The molecule has 1 aliphatic heterocycles. The Morgan fingerprint density at radius 2 is 2.00 bits per heavy atom. The summed E-state index contributed by atoms with van der Waals surface area (Å²) in [5.74, 6) is 2.11. The quantitative estimate of drug-likeness (QED) is 0.810. The SMILES string of the molecule is Cc1cc(CNC(=O)Nc2cccc(C3SCCS3)c2)ccc1F. The molecule has 0 bridgehead atoms. The molecule has 0 atom stereocenters. The molecule has 1 aliphatic rings. The van der Waals surface area contributed by atoms with E-state index in [1.165, 1.54) is 23.1 Å². The van der Waals surface area contributed by atoms with E-state index in [1.807, 2.05) is 41.7 Å². The largest absolute Gasteiger partial charge is 0.334 e. The molecule has 3 nitrogen and oxygen atoms in total. The Labute approximate surface area is 149 Å². The number of nitrogens with one attached hydrogen (secondary N) is 2. The fraction of sp³-hybridized carbons (Fsp3) is 0.278. The average Bonchev–Trinajstić information content (AvgIpc) is 3.11. The highest BCUT2D eigenvalue weighted by Crippen LogP contribution is 2.45. The Morgan fingerprint density at radius 1 is 1.21 bits per heavy atom. The van der Waals surface area contributed by atoms with Crippen LogP contribution in [0.4, 0.5) is 14.9 Å². The lowest BCUT2D eigenvalue weighted by molar-refractivity contribution is 0.251. The van der Waals surface area contributed by atoms with Gasteiger partial charge in [0, 0.05) is 23.7 Å². The second-order valence-corrected chi connectivity index (χ2v) is 8.31. The highest BCUT2D eigenvalue weighted by molar-refractivity contribution is 8.19. The Balaban J connectivity index is 1.56. The summed E-state index contributed by atoms with van der Waals surface area (Å²) in [6.07, 6.45) is 0. The molecule has 6 heteroatoms. The Bertz CT molecular complexity index is 733. The molecular formula is C18H19FN2OS2. The maximum Gasteiger partial charge on any atom is 0.319 e. The van der Waals surface area contributed by atoms with E-state index in [9.17, 15) is 9.18 Å². The zero-order valence-corrected chi connectivity index (χ0v) is 15.0. The molecule has 0 saturated carbocycles. The highest BCUT2D eigenvalue weighted by Gasteiger charge is 2.18. The summed E-state index contributed by atoms with van der Waals surface area (Å²) >= 11 is 3.87. The molecule has 0 spiro atoms. The lowest BCUT2D eigenvalue weighted by Crippen LogP contribution is -2.28. The van der Waals surface area contributed by atoms with E-state index in [1.54, 1.807) is 19.1 Å². The summed E-state index contributed by atoms with van der Waals surface area (Å²) in [7, 11) is 0. The van der Waals surface area contributed by atoms with E-state index in [2.05, 4.69) is 16.7 Å². The van der Waals surface area contributed by atoms with Gasteiger partial charge in [0.2, 0.25) is 0 Å². The number of hydrogen-bond donors (Lipinski definition) is 2. The predicted molar refractivity (Wildman–Crippen MR) is 101 cm³/mol. The van der Waals surface area contributed by atoms with Crippen LogP contribution in [0.3, 0.4) is 0 Å². The van der Waals surface area contributed by atoms with Gasteiger partial charge in [0.25, 0.3) is 0 Å². The van der Waals surface area contributed by atoms with Crippen molar-refractivity contribution < 1.29 is 9.18 Å². The third kappa shape index (κ3) is 4.45. The minimum Gasteiger partial charge on any atom is -0.334 e. The first kappa shape index (κ1) is 17.2. The van der Waals surface area contributed by atoms with E-state index in [0.29, 0.717) is 16.7 Å². The molecule has 2 aromatic carbocycles. The summed E-state index contributed by atoms with van der Waals surface area (Å²) in [5, 5.41) is 5.66. The van der Waals surface area contributed by atoms with Crippen molar-refractivity contribution >= 4 is 35.2 Å². The molecule has 1 heterocycles. The van der Waals surface area contributed by atoms with Crippen molar-refractivity contribution in [3.8, 4) is 0 Å².